The Morgan fingerprint density at radius 1 is 1.42 bits per heavy atom. The molecule has 0 aliphatic heterocycles. The predicted molar refractivity (Wildman–Crippen MR) is 96.9 cm³/mol. The number of nitrogens with zero attached hydrogens (tertiary/aromatic N) is 2. The van der Waals surface area contributed by atoms with Gasteiger partial charge >= 0.3 is 0 Å². The number of likely N-dealkylation sites (N-methyl/N-ethyl adjacent to an activating group) is 1. The molecule has 0 aliphatic rings. The Balaban J connectivity index is 2.05. The summed E-state index contributed by atoms with van der Waals surface area (Å²) in [7, 11) is 3.01. The Morgan fingerprint density at radius 2 is 2.19 bits per heavy atom. The highest BCUT2D eigenvalue weighted by Gasteiger charge is 2.11. The molecule has 0 saturated carbocycles. The summed E-state index contributed by atoms with van der Waals surface area (Å²) in [4.78, 5) is 11.8. The van der Waals surface area contributed by atoms with E-state index in [-0.39, 0.29) is 18.2 Å². The van der Waals surface area contributed by atoms with Gasteiger partial charge in [0.15, 0.2) is 0 Å². The number of carbonyl (C=O) groups excluding carboxylic acids is 1. The van der Waals surface area contributed by atoms with Crippen molar-refractivity contribution in [3.05, 3.63) is 64.8 Å². The zero-order valence-electron chi connectivity index (χ0n) is 14.6. The summed E-state index contributed by atoms with van der Waals surface area (Å²) in [5.74, 6) is -0.425. The minimum absolute atomic E-state index is 0.185. The molecule has 138 valence electrons. The van der Waals surface area contributed by atoms with Crippen LogP contribution in [0.15, 0.2) is 53.9 Å². The van der Waals surface area contributed by atoms with E-state index in [1.807, 2.05) is 0 Å². The lowest BCUT2D eigenvalue weighted by atomic mass is 10.1. The maximum atomic E-state index is 13.9. The largest absolute Gasteiger partial charge is 0.504 e. The van der Waals surface area contributed by atoms with E-state index >= 15 is 0 Å². The van der Waals surface area contributed by atoms with Crippen molar-refractivity contribution in [2.75, 3.05) is 20.8 Å². The van der Waals surface area contributed by atoms with Crippen LogP contribution in [0.5, 0.6) is 5.88 Å². The lowest BCUT2D eigenvalue weighted by molar-refractivity contribution is -0.116. The number of benzene rings is 1. The van der Waals surface area contributed by atoms with E-state index in [0.29, 0.717) is 22.0 Å². The average Bonchev–Trinajstić information content (AvgIpc) is 3.07. The predicted octanol–water partition coefficient (Wildman–Crippen LogP) is 3.27. The Kier molecular flexibility index (Phi) is 6.80. The molecule has 1 heterocycles. The zero-order chi connectivity index (χ0) is 19.1. The molecule has 1 aromatic carbocycles. The Morgan fingerprint density at radius 3 is 2.85 bits per heavy atom. The van der Waals surface area contributed by atoms with Crippen LogP contribution in [0.1, 0.15) is 6.92 Å². The van der Waals surface area contributed by atoms with Crippen LogP contribution in [0.2, 0.25) is 5.02 Å². The molecule has 1 amide bonds. The monoisotopic (exact) mass is 379 g/mol. The second kappa shape index (κ2) is 9.05. The van der Waals surface area contributed by atoms with Gasteiger partial charge in [-0.15, -0.1) is 5.10 Å². The third kappa shape index (κ3) is 4.86. The second-order valence-corrected chi connectivity index (χ2v) is 5.68. The summed E-state index contributed by atoms with van der Waals surface area (Å²) in [6.07, 6.45) is 4.67. The van der Waals surface area contributed by atoms with Gasteiger partial charge in [-0.3, -0.25) is 4.79 Å². The topological polar surface area (TPSA) is 65.4 Å². The molecule has 0 saturated heterocycles. The third-order valence-electron chi connectivity index (χ3n) is 3.47. The molecule has 2 aromatic rings. The molecule has 1 N–H and O–H groups in total. The summed E-state index contributed by atoms with van der Waals surface area (Å²) >= 11 is 5.75. The van der Waals surface area contributed by atoms with Gasteiger partial charge in [-0.2, -0.15) is 0 Å². The second-order valence-electron chi connectivity index (χ2n) is 5.24. The van der Waals surface area contributed by atoms with Crippen LogP contribution in [-0.4, -0.2) is 36.5 Å². The summed E-state index contributed by atoms with van der Waals surface area (Å²) in [5, 5.41) is 7.02. The van der Waals surface area contributed by atoms with Crippen molar-refractivity contribution in [3.63, 3.8) is 0 Å². The van der Waals surface area contributed by atoms with Gasteiger partial charge in [0.2, 0.25) is 5.88 Å². The van der Waals surface area contributed by atoms with Crippen LogP contribution in [0.4, 0.5) is 4.39 Å². The highest BCUT2D eigenvalue weighted by atomic mass is 35.5. The van der Waals surface area contributed by atoms with Crippen LogP contribution in [0.25, 0.3) is 5.69 Å². The fourth-order valence-corrected chi connectivity index (χ4v) is 2.28. The van der Waals surface area contributed by atoms with Crippen LogP contribution in [0, 0.1) is 5.82 Å². The number of rotatable bonds is 7. The van der Waals surface area contributed by atoms with Crippen LogP contribution < -0.4 is 10.1 Å². The molecular formula is C18H19ClFN3O3. The SMILES string of the molecule is CNC(=O)C(=C/OC)/C(C)=C\COc1ccn(-c2ccc(Cl)cc2F)n1. The number of amides is 1. The summed E-state index contributed by atoms with van der Waals surface area (Å²) < 4.78 is 25.7. The molecule has 26 heavy (non-hydrogen) atoms. The van der Waals surface area contributed by atoms with E-state index in [2.05, 4.69) is 10.4 Å². The van der Waals surface area contributed by atoms with Crippen molar-refractivity contribution >= 4 is 17.5 Å². The lowest BCUT2D eigenvalue weighted by Crippen LogP contribution is -2.21. The summed E-state index contributed by atoms with van der Waals surface area (Å²) in [5.41, 5.74) is 1.35. The van der Waals surface area contributed by atoms with E-state index in [1.165, 1.54) is 37.2 Å². The molecule has 2 rings (SSSR count). The Labute approximate surface area is 155 Å². The number of hydrogen-bond donors (Lipinski definition) is 1. The first kappa shape index (κ1) is 19.5. The summed E-state index contributed by atoms with van der Waals surface area (Å²) in [6, 6.07) is 5.94. The quantitative estimate of drug-likeness (QED) is 0.455. The van der Waals surface area contributed by atoms with Gasteiger partial charge < -0.3 is 14.8 Å². The number of hydrogen-bond acceptors (Lipinski definition) is 4. The lowest BCUT2D eigenvalue weighted by Gasteiger charge is -2.07. The van der Waals surface area contributed by atoms with Crippen molar-refractivity contribution in [2.45, 2.75) is 6.92 Å². The first-order chi connectivity index (χ1) is 12.5. The molecule has 6 nitrogen and oxygen atoms in total. The summed E-state index contributed by atoms with van der Waals surface area (Å²) in [6.45, 7) is 1.95. The fourth-order valence-electron chi connectivity index (χ4n) is 2.13. The zero-order valence-corrected chi connectivity index (χ0v) is 15.4. The Hall–Kier alpha value is -2.80. The van der Waals surface area contributed by atoms with Gasteiger partial charge in [0.05, 0.1) is 18.9 Å². The molecule has 0 unspecified atom stereocenters. The van der Waals surface area contributed by atoms with Gasteiger partial charge in [-0.1, -0.05) is 11.6 Å². The van der Waals surface area contributed by atoms with Gasteiger partial charge in [-0.05, 0) is 36.8 Å². The van der Waals surface area contributed by atoms with Crippen LogP contribution in [-0.2, 0) is 9.53 Å². The number of halogens is 2. The van der Waals surface area contributed by atoms with E-state index in [1.54, 1.807) is 31.3 Å². The fraction of sp³-hybridized carbons (Fsp3) is 0.222. The van der Waals surface area contributed by atoms with E-state index in [4.69, 9.17) is 21.1 Å². The van der Waals surface area contributed by atoms with Gasteiger partial charge in [0.25, 0.3) is 5.91 Å². The maximum absolute atomic E-state index is 13.9. The highest BCUT2D eigenvalue weighted by molar-refractivity contribution is 6.30. The van der Waals surface area contributed by atoms with E-state index < -0.39 is 5.82 Å². The van der Waals surface area contributed by atoms with Crippen LogP contribution in [0.3, 0.4) is 0 Å². The molecule has 8 heteroatoms. The van der Waals surface area contributed by atoms with E-state index in [9.17, 15) is 9.18 Å². The number of ether oxygens (including phenoxy) is 2. The number of carbonyl (C=O) groups is 1. The first-order valence-electron chi connectivity index (χ1n) is 7.72. The Bertz CT molecular complexity index is 846. The number of methoxy groups -OCH3 is 1. The standard InChI is InChI=1S/C18H19ClFN3O3/c1-12(14(11-25-3)18(24)21-2)7-9-26-17-6-8-23(22-17)16-5-4-13(19)10-15(16)20/h4-8,10-11H,9H2,1-3H3,(H,21,24)/b12-7-,14-11+. The van der Waals surface area contributed by atoms with Crippen molar-refractivity contribution in [1.82, 2.24) is 15.1 Å². The minimum atomic E-state index is -0.484. The van der Waals surface area contributed by atoms with Gasteiger partial charge in [-0.25, -0.2) is 9.07 Å². The molecule has 0 radical (unpaired) electrons. The van der Waals surface area contributed by atoms with Gasteiger partial charge in [0.1, 0.15) is 18.1 Å². The molecule has 0 spiro atoms. The van der Waals surface area contributed by atoms with Crippen molar-refractivity contribution < 1.29 is 18.7 Å². The molecule has 0 fully saturated rings. The average molecular weight is 380 g/mol. The van der Waals surface area contributed by atoms with Crippen molar-refractivity contribution in [3.8, 4) is 11.6 Å². The molecule has 0 aliphatic carbocycles. The van der Waals surface area contributed by atoms with E-state index in [0.717, 1.165) is 0 Å². The van der Waals surface area contributed by atoms with Crippen molar-refractivity contribution in [2.24, 2.45) is 0 Å². The number of nitrogens with one attached hydrogen (secondary N) is 1. The first-order valence-corrected chi connectivity index (χ1v) is 8.10. The molecule has 0 atom stereocenters. The minimum Gasteiger partial charge on any atom is -0.504 e. The van der Waals surface area contributed by atoms with Crippen LogP contribution >= 0.6 is 11.6 Å². The normalized spacial score (nSPS) is 12.0. The number of aromatic nitrogens is 2. The third-order valence-corrected chi connectivity index (χ3v) is 3.71. The highest BCUT2D eigenvalue weighted by Crippen LogP contribution is 2.19. The van der Waals surface area contributed by atoms with Crippen molar-refractivity contribution in [1.29, 1.82) is 0 Å². The smallest absolute Gasteiger partial charge is 0.254 e. The molecule has 0 bridgehead atoms. The molecular weight excluding hydrogens is 361 g/mol. The van der Waals surface area contributed by atoms with Gasteiger partial charge in [0, 0.05) is 24.3 Å². The molecule has 1 aromatic heterocycles. The maximum Gasteiger partial charge on any atom is 0.254 e.